The van der Waals surface area contributed by atoms with Crippen LogP contribution in [0.3, 0.4) is 0 Å². The maximum Gasteiger partial charge on any atom is 0.326 e. The Kier molecular flexibility index (Phi) is 24.1. The van der Waals surface area contributed by atoms with Gasteiger partial charge in [0.25, 0.3) is 5.91 Å². The van der Waals surface area contributed by atoms with Crippen molar-refractivity contribution in [3.63, 3.8) is 0 Å². The molecule has 1 aliphatic heterocycles. The summed E-state index contributed by atoms with van der Waals surface area (Å²) in [4.78, 5) is 122. The second-order valence-corrected chi connectivity index (χ2v) is 19.0. The third-order valence-electron chi connectivity index (χ3n) is 13.0. The van der Waals surface area contributed by atoms with E-state index < -0.39 is 115 Å². The lowest BCUT2D eigenvalue weighted by molar-refractivity contribution is -0.144. The number of aromatic hydroxyl groups is 2. The Morgan fingerprint density at radius 2 is 1.22 bits per heavy atom. The van der Waals surface area contributed by atoms with Gasteiger partial charge in [-0.15, -0.1) is 0 Å². The Balaban J connectivity index is 1.75. The number of benzene rings is 3. The van der Waals surface area contributed by atoms with Gasteiger partial charge in [0.05, 0.1) is 24.5 Å². The van der Waals surface area contributed by atoms with Crippen LogP contribution in [0.15, 0.2) is 114 Å². The van der Waals surface area contributed by atoms with Gasteiger partial charge in [-0.1, -0.05) is 98.3 Å². The zero-order valence-electron chi connectivity index (χ0n) is 44.0. The van der Waals surface area contributed by atoms with E-state index in [1.807, 2.05) is 43.3 Å². The van der Waals surface area contributed by atoms with E-state index >= 15 is 0 Å². The SMILES string of the molecule is CC=C1NC(=O)CCC(C(=O)O)NC(=O)C(C)C(C=CC(C)=CC(C)C(Cc2ccccc2)OC)NC(=O)C(CCc2ccc(O)cc2)NC(=O)CC(C(=O)O)NC(=O)C(CCc2ccc(O)cc2)NC(=O)C(C)NC1=O. The maximum absolute atomic E-state index is 14.5. The molecule has 21 heteroatoms. The first-order chi connectivity index (χ1) is 36.6. The van der Waals surface area contributed by atoms with E-state index in [-0.39, 0.29) is 54.9 Å². The van der Waals surface area contributed by atoms with E-state index in [1.165, 1.54) is 57.2 Å². The molecule has 9 atom stereocenters. The van der Waals surface area contributed by atoms with Crippen LogP contribution in [-0.2, 0) is 67.2 Å². The summed E-state index contributed by atoms with van der Waals surface area (Å²) in [6.45, 7) is 7.91. The molecule has 0 radical (unpaired) electrons. The van der Waals surface area contributed by atoms with Crippen LogP contribution < -0.4 is 37.2 Å². The zero-order chi connectivity index (χ0) is 56.8. The monoisotopic (exact) mass is 1070 g/mol. The highest BCUT2D eigenvalue weighted by atomic mass is 16.5. The number of amides is 7. The number of hydrogen-bond acceptors (Lipinski definition) is 12. The number of ether oxygens (including phenoxy) is 1. The number of allylic oxidation sites excluding steroid dienone is 3. The van der Waals surface area contributed by atoms with Crippen molar-refractivity contribution in [3.8, 4) is 11.5 Å². The number of nitrogens with one attached hydrogen (secondary N) is 7. The molecule has 4 rings (SSSR count). The Hall–Kier alpha value is -8.33. The molecule has 0 aromatic heterocycles. The van der Waals surface area contributed by atoms with Crippen LogP contribution in [0.2, 0.25) is 0 Å². The number of aryl methyl sites for hydroxylation is 2. The topological polar surface area (TPSA) is 328 Å². The van der Waals surface area contributed by atoms with Gasteiger partial charge in [-0.2, -0.15) is 0 Å². The Morgan fingerprint density at radius 1 is 0.675 bits per heavy atom. The van der Waals surface area contributed by atoms with Crippen LogP contribution in [0.1, 0.15) is 83.4 Å². The van der Waals surface area contributed by atoms with Gasteiger partial charge in [0.15, 0.2) is 0 Å². The van der Waals surface area contributed by atoms with Crippen molar-refractivity contribution in [2.24, 2.45) is 11.8 Å². The molecule has 77 heavy (non-hydrogen) atoms. The molecule has 1 saturated heterocycles. The summed E-state index contributed by atoms with van der Waals surface area (Å²) in [5.74, 6) is -10.8. The summed E-state index contributed by atoms with van der Waals surface area (Å²) in [5.41, 5.74) is 2.73. The number of carbonyl (C=O) groups is 9. The molecule has 1 aliphatic rings. The van der Waals surface area contributed by atoms with Crippen molar-refractivity contribution in [2.45, 2.75) is 128 Å². The number of aliphatic carboxylic acids is 2. The number of methoxy groups -OCH3 is 1. The predicted molar refractivity (Wildman–Crippen MR) is 283 cm³/mol. The van der Waals surface area contributed by atoms with E-state index in [2.05, 4.69) is 37.2 Å². The summed E-state index contributed by atoms with van der Waals surface area (Å²) >= 11 is 0. The first-order valence-corrected chi connectivity index (χ1v) is 25.3. The smallest absolute Gasteiger partial charge is 0.326 e. The molecule has 414 valence electrons. The van der Waals surface area contributed by atoms with E-state index in [0.29, 0.717) is 23.1 Å². The standard InChI is InChI=1S/C56H71N7O14/c1-7-41-52(70)57-35(5)51(69)61-44(26-19-37-16-22-40(65)23-17-37)54(72)63-46(56(75)76)31-49(67)59-43(25-18-36-14-20-39(64)21-15-36)53(71)60-42(34(4)50(68)62-45(55(73)74)27-28-48(66)58-41)24-13-32(2)29-33(3)47(77-6)30-38-11-9-8-10-12-38/h7-17,20-24,29,33-35,42-47,64-65H,18-19,25-28,30-31H2,1-6H3,(H,57,70)(H,58,66)(H,59,67)(H,60,71)(H,61,69)(H,62,68)(H,63,72)(H,73,74)(H,75,76). The normalized spacial score (nSPS) is 23.6. The molecule has 0 aliphatic carbocycles. The molecule has 0 spiro atoms. The van der Waals surface area contributed by atoms with Crippen molar-refractivity contribution in [1.82, 2.24) is 37.2 Å². The zero-order valence-corrected chi connectivity index (χ0v) is 44.0. The number of phenolic OH excluding ortho intramolecular Hbond substituents is 2. The number of rotatable bonds is 15. The van der Waals surface area contributed by atoms with Gasteiger partial charge in [0.2, 0.25) is 35.4 Å². The molecule has 0 saturated carbocycles. The molecule has 7 amide bonds. The van der Waals surface area contributed by atoms with Crippen LogP contribution in [0, 0.1) is 11.8 Å². The second kappa shape index (κ2) is 30.3. The van der Waals surface area contributed by atoms with E-state index in [9.17, 15) is 63.6 Å². The summed E-state index contributed by atoms with van der Waals surface area (Å²) in [5, 5.41) is 57.7. The van der Waals surface area contributed by atoms with Crippen molar-refractivity contribution < 1.29 is 68.3 Å². The predicted octanol–water partition coefficient (Wildman–Crippen LogP) is 3.00. The average molecular weight is 1070 g/mol. The summed E-state index contributed by atoms with van der Waals surface area (Å²) in [6.07, 6.45) is 4.95. The van der Waals surface area contributed by atoms with Gasteiger partial charge >= 0.3 is 11.9 Å². The lowest BCUT2D eigenvalue weighted by atomic mass is 9.94. The average Bonchev–Trinajstić information content (AvgIpc) is 3.39. The number of carbonyl (C=O) groups excluding carboxylic acids is 7. The third-order valence-corrected chi connectivity index (χ3v) is 13.0. The van der Waals surface area contributed by atoms with Crippen molar-refractivity contribution in [2.75, 3.05) is 7.11 Å². The molecule has 0 bridgehead atoms. The van der Waals surface area contributed by atoms with Crippen molar-refractivity contribution in [1.29, 1.82) is 0 Å². The lowest BCUT2D eigenvalue weighted by Gasteiger charge is -2.27. The highest BCUT2D eigenvalue weighted by molar-refractivity contribution is 6.00. The second-order valence-electron chi connectivity index (χ2n) is 19.0. The molecule has 1 fully saturated rings. The van der Waals surface area contributed by atoms with Crippen LogP contribution in [0.5, 0.6) is 11.5 Å². The quantitative estimate of drug-likeness (QED) is 0.0771. The minimum atomic E-state index is -1.91. The molecule has 3 aromatic rings. The first kappa shape index (κ1) is 61.2. The summed E-state index contributed by atoms with van der Waals surface area (Å²) in [6, 6.07) is 12.8. The summed E-state index contributed by atoms with van der Waals surface area (Å²) in [7, 11) is 1.61. The number of carboxylic acid groups (broad SMARTS) is 2. The van der Waals surface area contributed by atoms with Gasteiger partial charge < -0.3 is 62.4 Å². The maximum atomic E-state index is 14.5. The van der Waals surface area contributed by atoms with E-state index in [1.54, 1.807) is 44.4 Å². The van der Waals surface area contributed by atoms with Crippen molar-refractivity contribution in [3.05, 3.63) is 131 Å². The Morgan fingerprint density at radius 3 is 1.77 bits per heavy atom. The van der Waals surface area contributed by atoms with Gasteiger partial charge in [-0.3, -0.25) is 33.6 Å². The third kappa shape index (κ3) is 20.4. The minimum Gasteiger partial charge on any atom is -0.508 e. The molecule has 3 aromatic carbocycles. The van der Waals surface area contributed by atoms with E-state index in [0.717, 1.165) is 5.56 Å². The minimum absolute atomic E-state index is 0.0222. The molecular weight excluding hydrogens is 995 g/mol. The van der Waals surface area contributed by atoms with Crippen molar-refractivity contribution >= 4 is 53.3 Å². The largest absolute Gasteiger partial charge is 0.508 e. The highest BCUT2D eigenvalue weighted by Gasteiger charge is 2.34. The molecule has 21 nitrogen and oxygen atoms in total. The molecule has 9 unspecified atom stereocenters. The van der Waals surface area contributed by atoms with Crippen LogP contribution in [0.25, 0.3) is 0 Å². The van der Waals surface area contributed by atoms with Crippen LogP contribution >= 0.6 is 0 Å². The number of carboxylic acids is 2. The van der Waals surface area contributed by atoms with E-state index in [4.69, 9.17) is 4.74 Å². The van der Waals surface area contributed by atoms with Crippen LogP contribution in [-0.4, -0.2) is 123 Å². The first-order valence-electron chi connectivity index (χ1n) is 25.3. The summed E-state index contributed by atoms with van der Waals surface area (Å²) < 4.78 is 5.83. The Bertz CT molecular complexity index is 2640. The van der Waals surface area contributed by atoms with Gasteiger partial charge in [-0.05, 0) is 100 Å². The fraction of sp³-hybridized carbons (Fsp3) is 0.411. The number of phenols is 2. The van der Waals surface area contributed by atoms with Gasteiger partial charge in [-0.25, -0.2) is 9.59 Å². The van der Waals surface area contributed by atoms with Gasteiger partial charge in [0.1, 0.15) is 47.4 Å². The highest BCUT2D eigenvalue weighted by Crippen LogP contribution is 2.19. The number of hydrogen-bond donors (Lipinski definition) is 11. The lowest BCUT2D eigenvalue weighted by Crippen LogP contribution is -2.56. The molecule has 1 heterocycles. The van der Waals surface area contributed by atoms with Gasteiger partial charge in [0, 0.05) is 19.4 Å². The molecule has 11 N–H and O–H groups in total. The fourth-order valence-electron chi connectivity index (χ4n) is 8.27. The van der Waals surface area contributed by atoms with Crippen LogP contribution in [0.4, 0.5) is 0 Å². The fourth-order valence-corrected chi connectivity index (χ4v) is 8.27. The molecular formula is C56H71N7O14. The Labute approximate surface area is 447 Å².